The van der Waals surface area contributed by atoms with Gasteiger partial charge in [-0.25, -0.2) is 13.2 Å². The summed E-state index contributed by atoms with van der Waals surface area (Å²) in [7, 11) is -2.32. The van der Waals surface area contributed by atoms with Crippen LogP contribution in [0.5, 0.6) is 5.75 Å². The van der Waals surface area contributed by atoms with Gasteiger partial charge < -0.3 is 20.3 Å². The zero-order valence-corrected chi connectivity index (χ0v) is 20.0. The monoisotopic (exact) mass is 486 g/mol. The van der Waals surface area contributed by atoms with Gasteiger partial charge in [-0.3, -0.25) is 4.79 Å². The molecule has 2 saturated heterocycles. The first-order valence-corrected chi connectivity index (χ1v) is 12.9. The van der Waals surface area contributed by atoms with Crippen LogP contribution in [0.2, 0.25) is 0 Å². The number of piperidine rings is 1. The maximum Gasteiger partial charge on any atom is 0.321 e. The Labute approximate surface area is 200 Å². The maximum atomic E-state index is 13.1. The molecule has 0 aliphatic carbocycles. The molecule has 182 valence electrons. The van der Waals surface area contributed by atoms with Gasteiger partial charge in [0.1, 0.15) is 10.6 Å². The molecule has 0 spiro atoms. The van der Waals surface area contributed by atoms with Gasteiger partial charge in [-0.15, -0.1) is 0 Å². The van der Waals surface area contributed by atoms with Crippen LogP contribution in [-0.4, -0.2) is 68.9 Å². The minimum absolute atomic E-state index is 0.0111. The van der Waals surface area contributed by atoms with Crippen molar-refractivity contribution >= 4 is 27.6 Å². The van der Waals surface area contributed by atoms with E-state index in [1.807, 2.05) is 30.3 Å². The molecule has 0 bridgehead atoms. The van der Waals surface area contributed by atoms with Gasteiger partial charge in [0.2, 0.25) is 10.0 Å². The SMILES string of the molecule is COc1ccc(C(=O)NC2CCN(C(=O)Nc3ccccc3)CC2)cc1S(=O)(=O)N1CCCC1. The molecule has 2 N–H and O–H groups in total. The van der Waals surface area contributed by atoms with Crippen LogP contribution >= 0.6 is 0 Å². The van der Waals surface area contributed by atoms with Crippen LogP contribution in [0.3, 0.4) is 0 Å². The van der Waals surface area contributed by atoms with Crippen LogP contribution in [0.4, 0.5) is 10.5 Å². The molecule has 3 amide bonds. The Morgan fingerprint density at radius 1 is 0.971 bits per heavy atom. The molecule has 9 nitrogen and oxygen atoms in total. The van der Waals surface area contributed by atoms with Crippen molar-refractivity contribution < 1.29 is 22.7 Å². The van der Waals surface area contributed by atoms with E-state index >= 15 is 0 Å². The zero-order chi connectivity index (χ0) is 24.1. The molecule has 2 aliphatic rings. The number of methoxy groups -OCH3 is 1. The van der Waals surface area contributed by atoms with Crippen molar-refractivity contribution in [1.29, 1.82) is 0 Å². The number of rotatable bonds is 6. The Bertz CT molecular complexity index is 1130. The van der Waals surface area contributed by atoms with E-state index < -0.39 is 10.0 Å². The highest BCUT2D eigenvalue weighted by Crippen LogP contribution is 2.30. The number of sulfonamides is 1. The number of hydrogen-bond donors (Lipinski definition) is 2. The molecular formula is C24H30N4O5S. The summed E-state index contributed by atoms with van der Waals surface area (Å²) in [5.41, 5.74) is 1.00. The fourth-order valence-corrected chi connectivity index (χ4v) is 6.01. The highest BCUT2D eigenvalue weighted by atomic mass is 32.2. The van der Waals surface area contributed by atoms with E-state index in [-0.39, 0.29) is 34.2 Å². The second-order valence-corrected chi connectivity index (χ2v) is 10.4. The van der Waals surface area contributed by atoms with Crippen LogP contribution in [0.15, 0.2) is 53.4 Å². The summed E-state index contributed by atoms with van der Waals surface area (Å²) in [4.78, 5) is 27.1. The molecular weight excluding hydrogens is 456 g/mol. The molecule has 0 radical (unpaired) electrons. The van der Waals surface area contributed by atoms with Crippen LogP contribution in [0.1, 0.15) is 36.0 Å². The first-order valence-electron chi connectivity index (χ1n) is 11.5. The number of urea groups is 1. The van der Waals surface area contributed by atoms with Crippen molar-refractivity contribution in [3.8, 4) is 5.75 Å². The van der Waals surface area contributed by atoms with E-state index in [4.69, 9.17) is 4.74 Å². The maximum absolute atomic E-state index is 13.1. The lowest BCUT2D eigenvalue weighted by atomic mass is 10.0. The largest absolute Gasteiger partial charge is 0.495 e. The number of likely N-dealkylation sites (tertiary alicyclic amines) is 1. The summed E-state index contributed by atoms with van der Waals surface area (Å²) in [5.74, 6) is -0.117. The van der Waals surface area contributed by atoms with Gasteiger partial charge in [0, 0.05) is 43.5 Å². The third-order valence-corrected chi connectivity index (χ3v) is 8.17. The normalized spacial score (nSPS) is 17.4. The molecule has 34 heavy (non-hydrogen) atoms. The summed E-state index contributed by atoms with van der Waals surface area (Å²) < 4.78 is 32.9. The Balaban J connectivity index is 1.37. The second kappa shape index (κ2) is 10.4. The third-order valence-electron chi connectivity index (χ3n) is 6.25. The smallest absolute Gasteiger partial charge is 0.321 e. The predicted octanol–water partition coefficient (Wildman–Crippen LogP) is 2.91. The van der Waals surface area contributed by atoms with E-state index in [2.05, 4.69) is 10.6 Å². The number of benzene rings is 2. The van der Waals surface area contributed by atoms with Gasteiger partial charge in [-0.1, -0.05) is 18.2 Å². The topological polar surface area (TPSA) is 108 Å². The number of nitrogens with one attached hydrogen (secondary N) is 2. The highest BCUT2D eigenvalue weighted by molar-refractivity contribution is 7.89. The van der Waals surface area contributed by atoms with Gasteiger partial charge >= 0.3 is 6.03 Å². The number of carbonyl (C=O) groups excluding carboxylic acids is 2. The Kier molecular flexibility index (Phi) is 7.38. The zero-order valence-electron chi connectivity index (χ0n) is 19.2. The minimum Gasteiger partial charge on any atom is -0.495 e. The summed E-state index contributed by atoms with van der Waals surface area (Å²) in [6.07, 6.45) is 2.87. The number of hydrogen-bond acceptors (Lipinski definition) is 5. The fourth-order valence-electron chi connectivity index (χ4n) is 4.31. The van der Waals surface area contributed by atoms with E-state index in [0.717, 1.165) is 18.5 Å². The van der Waals surface area contributed by atoms with Crippen molar-refractivity contribution in [2.75, 3.05) is 38.6 Å². The Morgan fingerprint density at radius 2 is 1.65 bits per heavy atom. The molecule has 10 heteroatoms. The van der Waals surface area contributed by atoms with Gasteiger partial charge in [0.25, 0.3) is 5.91 Å². The van der Waals surface area contributed by atoms with E-state index in [0.29, 0.717) is 39.0 Å². The van der Waals surface area contributed by atoms with Crippen molar-refractivity contribution in [1.82, 2.24) is 14.5 Å². The quantitative estimate of drug-likeness (QED) is 0.653. The van der Waals surface area contributed by atoms with Crippen molar-refractivity contribution in [3.63, 3.8) is 0 Å². The summed E-state index contributed by atoms with van der Waals surface area (Å²) in [6.45, 7) is 1.97. The number of amides is 3. The summed E-state index contributed by atoms with van der Waals surface area (Å²) >= 11 is 0. The Hall–Kier alpha value is -3.11. The number of nitrogens with zero attached hydrogens (tertiary/aromatic N) is 2. The van der Waals surface area contributed by atoms with Crippen molar-refractivity contribution in [3.05, 3.63) is 54.1 Å². The molecule has 0 unspecified atom stereocenters. The van der Waals surface area contributed by atoms with E-state index in [1.165, 1.54) is 23.5 Å². The van der Waals surface area contributed by atoms with Crippen molar-refractivity contribution in [2.24, 2.45) is 0 Å². The first-order chi connectivity index (χ1) is 16.4. The summed E-state index contributed by atoms with van der Waals surface area (Å²) in [5, 5.41) is 5.86. The predicted molar refractivity (Wildman–Crippen MR) is 129 cm³/mol. The standard InChI is InChI=1S/C24H30N4O5S/c1-33-21-10-9-18(17-22(21)34(31,32)28-13-5-6-14-28)23(29)25-20-11-15-27(16-12-20)24(30)26-19-7-3-2-4-8-19/h2-4,7-10,17,20H,5-6,11-16H2,1H3,(H,25,29)(H,26,30). The molecule has 2 aromatic rings. The third kappa shape index (κ3) is 5.34. The molecule has 2 heterocycles. The average molecular weight is 487 g/mol. The second-order valence-electron chi connectivity index (χ2n) is 8.51. The molecule has 4 rings (SSSR count). The number of para-hydroxylation sites is 1. The molecule has 0 saturated carbocycles. The van der Waals surface area contributed by atoms with Gasteiger partial charge in [-0.2, -0.15) is 4.31 Å². The molecule has 0 aromatic heterocycles. The molecule has 2 aliphatic heterocycles. The van der Waals surface area contributed by atoms with Gasteiger partial charge in [-0.05, 0) is 56.0 Å². The number of carbonyl (C=O) groups is 2. The fraction of sp³-hybridized carbons (Fsp3) is 0.417. The molecule has 0 atom stereocenters. The number of ether oxygens (including phenoxy) is 1. The molecule has 2 aromatic carbocycles. The van der Waals surface area contributed by atoms with Crippen LogP contribution in [0.25, 0.3) is 0 Å². The lowest BCUT2D eigenvalue weighted by molar-refractivity contribution is 0.0919. The lowest BCUT2D eigenvalue weighted by Gasteiger charge is -2.32. The Morgan fingerprint density at radius 3 is 2.29 bits per heavy atom. The minimum atomic E-state index is -3.74. The first kappa shape index (κ1) is 24.0. The van der Waals surface area contributed by atoms with Gasteiger partial charge in [0.05, 0.1) is 7.11 Å². The van der Waals surface area contributed by atoms with Crippen molar-refractivity contribution in [2.45, 2.75) is 36.6 Å². The average Bonchev–Trinajstić information content (AvgIpc) is 3.41. The molecule has 2 fully saturated rings. The van der Waals surface area contributed by atoms with Crippen LogP contribution < -0.4 is 15.4 Å². The van der Waals surface area contributed by atoms with Crippen LogP contribution in [-0.2, 0) is 10.0 Å². The van der Waals surface area contributed by atoms with Gasteiger partial charge in [0.15, 0.2) is 0 Å². The van der Waals surface area contributed by atoms with E-state index in [9.17, 15) is 18.0 Å². The van der Waals surface area contributed by atoms with E-state index in [1.54, 1.807) is 11.0 Å². The highest BCUT2D eigenvalue weighted by Gasteiger charge is 2.31. The van der Waals surface area contributed by atoms with Crippen LogP contribution in [0, 0.1) is 0 Å². The number of anilines is 1. The lowest BCUT2D eigenvalue weighted by Crippen LogP contribution is -2.47. The summed E-state index contributed by atoms with van der Waals surface area (Å²) in [6, 6.07) is 13.5.